The average molecular weight is 303 g/mol. The smallest absolute Gasteiger partial charge is 0.142 e. The van der Waals surface area contributed by atoms with Crippen molar-refractivity contribution in [3.05, 3.63) is 53.4 Å². The van der Waals surface area contributed by atoms with Gasteiger partial charge in [-0.15, -0.1) is 0 Å². The third-order valence-electron chi connectivity index (χ3n) is 3.31. The Hall–Kier alpha value is -2.11. The van der Waals surface area contributed by atoms with E-state index in [4.69, 9.17) is 16.3 Å². The van der Waals surface area contributed by atoms with Crippen LogP contribution in [-0.4, -0.2) is 28.6 Å². The summed E-state index contributed by atoms with van der Waals surface area (Å²) in [6.07, 6.45) is 3.27. The van der Waals surface area contributed by atoms with Crippen LogP contribution in [0.5, 0.6) is 0 Å². The summed E-state index contributed by atoms with van der Waals surface area (Å²) < 4.78 is 5.53. The fraction of sp³-hybridized carbons (Fsp3) is 0.200. The molecule has 3 rings (SSSR count). The molecule has 2 aromatic heterocycles. The summed E-state index contributed by atoms with van der Waals surface area (Å²) in [4.78, 5) is 11.5. The predicted octanol–water partition coefficient (Wildman–Crippen LogP) is 3.41. The quantitative estimate of drug-likeness (QED) is 0.758. The van der Waals surface area contributed by atoms with Gasteiger partial charge in [0.25, 0.3) is 0 Å². The van der Waals surface area contributed by atoms with E-state index in [9.17, 15) is 0 Å². The van der Waals surface area contributed by atoms with E-state index in [0.29, 0.717) is 11.6 Å². The molecular weight excluding hydrogens is 288 g/mol. The number of aromatic nitrogens is 3. The third kappa shape index (κ3) is 2.99. The van der Waals surface area contributed by atoms with Gasteiger partial charge in [0.1, 0.15) is 17.8 Å². The Balaban J connectivity index is 1.78. The molecule has 3 aromatic rings. The van der Waals surface area contributed by atoms with Gasteiger partial charge in [-0.2, -0.15) is 0 Å². The molecule has 5 nitrogen and oxygen atoms in total. The maximum Gasteiger partial charge on any atom is 0.142 e. The van der Waals surface area contributed by atoms with Gasteiger partial charge in [0, 0.05) is 24.9 Å². The first-order chi connectivity index (χ1) is 10.3. The van der Waals surface area contributed by atoms with Gasteiger partial charge in [-0.05, 0) is 23.8 Å². The number of benzene rings is 1. The van der Waals surface area contributed by atoms with Gasteiger partial charge >= 0.3 is 0 Å². The molecule has 1 aromatic carbocycles. The van der Waals surface area contributed by atoms with E-state index in [1.54, 1.807) is 7.11 Å². The van der Waals surface area contributed by atoms with Crippen LogP contribution in [0.3, 0.4) is 0 Å². The molecule has 108 valence electrons. The summed E-state index contributed by atoms with van der Waals surface area (Å²) in [6, 6.07) is 9.60. The Morgan fingerprint density at radius 2 is 2.24 bits per heavy atom. The molecular formula is C15H15ClN4O. The second-order valence-corrected chi connectivity index (χ2v) is 5.06. The van der Waals surface area contributed by atoms with Gasteiger partial charge in [0.15, 0.2) is 0 Å². The van der Waals surface area contributed by atoms with Crippen LogP contribution in [0.15, 0.2) is 42.9 Å². The summed E-state index contributed by atoms with van der Waals surface area (Å²) in [5.74, 6) is 0.783. The van der Waals surface area contributed by atoms with Crippen LogP contribution in [0.4, 0.5) is 5.82 Å². The van der Waals surface area contributed by atoms with E-state index < -0.39 is 0 Å². The highest BCUT2D eigenvalue weighted by atomic mass is 35.5. The van der Waals surface area contributed by atoms with Crippen molar-refractivity contribution in [2.75, 3.05) is 19.0 Å². The van der Waals surface area contributed by atoms with E-state index >= 15 is 0 Å². The Kier molecular flexibility index (Phi) is 4.03. The number of methoxy groups -OCH3 is 1. The minimum Gasteiger partial charge on any atom is -0.375 e. The van der Waals surface area contributed by atoms with Crippen molar-refractivity contribution in [2.45, 2.75) is 6.10 Å². The molecule has 0 radical (unpaired) electrons. The molecule has 0 aliphatic heterocycles. The molecule has 0 bridgehead atoms. The monoisotopic (exact) mass is 302 g/mol. The number of rotatable bonds is 5. The molecule has 2 heterocycles. The third-order valence-corrected chi connectivity index (χ3v) is 3.55. The van der Waals surface area contributed by atoms with Crippen LogP contribution in [-0.2, 0) is 4.74 Å². The molecule has 0 amide bonds. The van der Waals surface area contributed by atoms with Gasteiger partial charge in [0.2, 0.25) is 0 Å². The Morgan fingerprint density at radius 3 is 3.05 bits per heavy atom. The van der Waals surface area contributed by atoms with Crippen molar-refractivity contribution < 1.29 is 4.74 Å². The Labute approximate surface area is 127 Å². The molecule has 0 aliphatic carbocycles. The van der Waals surface area contributed by atoms with Crippen molar-refractivity contribution in [3.8, 4) is 0 Å². The van der Waals surface area contributed by atoms with Crippen molar-refractivity contribution >= 4 is 28.5 Å². The first-order valence-electron chi connectivity index (χ1n) is 6.58. The van der Waals surface area contributed by atoms with Crippen LogP contribution in [0, 0.1) is 0 Å². The normalized spacial score (nSPS) is 12.5. The van der Waals surface area contributed by atoms with Gasteiger partial charge in [-0.1, -0.05) is 23.7 Å². The number of fused-ring (bicyclic) bond motifs is 1. The molecule has 1 atom stereocenters. The molecule has 2 N–H and O–H groups in total. The molecule has 21 heavy (non-hydrogen) atoms. The number of nitrogens with zero attached hydrogens (tertiary/aromatic N) is 2. The van der Waals surface area contributed by atoms with Gasteiger partial charge in [-0.3, -0.25) is 0 Å². The minimum atomic E-state index is -0.104. The van der Waals surface area contributed by atoms with E-state index in [1.165, 1.54) is 6.33 Å². The first-order valence-corrected chi connectivity index (χ1v) is 6.96. The first kappa shape index (κ1) is 13.9. The van der Waals surface area contributed by atoms with Crippen molar-refractivity contribution in [2.24, 2.45) is 0 Å². The average Bonchev–Trinajstić information content (AvgIpc) is 2.97. The van der Waals surface area contributed by atoms with E-state index in [1.807, 2.05) is 36.5 Å². The van der Waals surface area contributed by atoms with Crippen LogP contribution in [0.1, 0.15) is 11.7 Å². The molecule has 0 unspecified atom stereocenters. The number of aromatic amines is 1. The number of nitrogens with one attached hydrogen (secondary N) is 2. The number of hydrogen-bond acceptors (Lipinski definition) is 4. The molecule has 0 saturated carbocycles. The largest absolute Gasteiger partial charge is 0.375 e. The number of halogens is 1. The second kappa shape index (κ2) is 6.11. The lowest BCUT2D eigenvalue weighted by Gasteiger charge is -2.17. The molecule has 0 spiro atoms. The topological polar surface area (TPSA) is 62.8 Å². The maximum absolute atomic E-state index is 6.03. The van der Waals surface area contributed by atoms with Gasteiger partial charge in [-0.25, -0.2) is 9.97 Å². The standard InChI is InChI=1S/C15H15ClN4O/c1-21-13(10-3-2-4-11(16)7-10)8-18-15-12-5-6-17-14(12)19-9-20-15/h2-7,9,13H,8H2,1H3,(H2,17,18,19,20)/t13-/m0/s1. The molecule has 0 saturated heterocycles. The summed E-state index contributed by atoms with van der Waals surface area (Å²) >= 11 is 6.03. The lowest BCUT2D eigenvalue weighted by Crippen LogP contribution is -2.15. The highest BCUT2D eigenvalue weighted by Crippen LogP contribution is 2.22. The van der Waals surface area contributed by atoms with E-state index in [2.05, 4.69) is 20.3 Å². The fourth-order valence-electron chi connectivity index (χ4n) is 2.25. The SMILES string of the molecule is CO[C@@H](CNc1ncnc2[nH]ccc12)c1cccc(Cl)c1. The zero-order valence-electron chi connectivity index (χ0n) is 11.5. The summed E-state index contributed by atoms with van der Waals surface area (Å²) in [5, 5.41) is 4.96. The van der Waals surface area contributed by atoms with Crippen molar-refractivity contribution in [1.29, 1.82) is 0 Å². The van der Waals surface area contributed by atoms with Crippen LogP contribution in [0.25, 0.3) is 11.0 Å². The minimum absolute atomic E-state index is 0.104. The van der Waals surface area contributed by atoms with Crippen LogP contribution >= 0.6 is 11.6 Å². The number of ether oxygens (including phenoxy) is 1. The predicted molar refractivity (Wildman–Crippen MR) is 83.6 cm³/mol. The summed E-state index contributed by atoms with van der Waals surface area (Å²) in [5.41, 5.74) is 1.83. The number of hydrogen-bond donors (Lipinski definition) is 2. The van der Waals surface area contributed by atoms with Crippen LogP contribution in [0.2, 0.25) is 5.02 Å². The number of anilines is 1. The zero-order valence-corrected chi connectivity index (χ0v) is 12.3. The highest BCUT2D eigenvalue weighted by molar-refractivity contribution is 6.30. The number of H-pyrrole nitrogens is 1. The van der Waals surface area contributed by atoms with Crippen LogP contribution < -0.4 is 5.32 Å². The van der Waals surface area contributed by atoms with E-state index in [-0.39, 0.29) is 6.10 Å². The lowest BCUT2D eigenvalue weighted by atomic mass is 10.1. The van der Waals surface area contributed by atoms with Crippen molar-refractivity contribution in [3.63, 3.8) is 0 Å². The Morgan fingerprint density at radius 1 is 1.33 bits per heavy atom. The summed E-state index contributed by atoms with van der Waals surface area (Å²) in [7, 11) is 1.68. The van der Waals surface area contributed by atoms with Gasteiger partial charge in [0.05, 0.1) is 11.5 Å². The van der Waals surface area contributed by atoms with Gasteiger partial charge < -0.3 is 15.0 Å². The van der Waals surface area contributed by atoms with E-state index in [0.717, 1.165) is 22.4 Å². The lowest BCUT2D eigenvalue weighted by molar-refractivity contribution is 0.114. The fourth-order valence-corrected chi connectivity index (χ4v) is 2.45. The molecule has 0 aliphatic rings. The Bertz CT molecular complexity index is 743. The highest BCUT2D eigenvalue weighted by Gasteiger charge is 2.12. The maximum atomic E-state index is 6.03. The van der Waals surface area contributed by atoms with Crippen molar-refractivity contribution in [1.82, 2.24) is 15.0 Å². The molecule has 0 fully saturated rings. The zero-order chi connectivity index (χ0) is 14.7. The second-order valence-electron chi connectivity index (χ2n) is 4.62. The summed E-state index contributed by atoms with van der Waals surface area (Å²) in [6.45, 7) is 0.591. The molecule has 6 heteroatoms.